The van der Waals surface area contributed by atoms with Crippen LogP contribution in [0.2, 0.25) is 0 Å². The molecule has 1 unspecified atom stereocenters. The fraction of sp³-hybridized carbons (Fsp3) is 0.462. The second-order valence-electron chi connectivity index (χ2n) is 5.05. The zero-order chi connectivity index (χ0) is 13.4. The van der Waals surface area contributed by atoms with E-state index in [2.05, 4.69) is 15.4 Å². The third-order valence-corrected chi connectivity index (χ3v) is 3.48. The van der Waals surface area contributed by atoms with Crippen molar-refractivity contribution in [3.63, 3.8) is 0 Å². The van der Waals surface area contributed by atoms with Gasteiger partial charge in [-0.25, -0.2) is 9.50 Å². The van der Waals surface area contributed by atoms with Crippen LogP contribution in [0.3, 0.4) is 0 Å². The lowest BCUT2D eigenvalue weighted by Crippen LogP contribution is -2.43. The van der Waals surface area contributed by atoms with E-state index in [0.717, 1.165) is 23.4 Å². The number of likely N-dealkylation sites (tertiary alicyclic amines) is 1. The number of aromatic nitrogens is 3. The summed E-state index contributed by atoms with van der Waals surface area (Å²) in [4.78, 5) is 17.6. The van der Waals surface area contributed by atoms with Gasteiger partial charge in [0.05, 0.1) is 5.69 Å². The highest BCUT2D eigenvalue weighted by Gasteiger charge is 2.23. The molecule has 1 atom stereocenters. The molecule has 3 rings (SSSR count). The van der Waals surface area contributed by atoms with Crippen molar-refractivity contribution < 1.29 is 4.79 Å². The Bertz CT molecular complexity index is 621. The minimum absolute atomic E-state index is 0.212. The summed E-state index contributed by atoms with van der Waals surface area (Å²) in [5.74, 6) is 1.04. The zero-order valence-electron chi connectivity index (χ0n) is 11.1. The summed E-state index contributed by atoms with van der Waals surface area (Å²) in [6.07, 6.45) is 5.01. The molecule has 0 aliphatic carbocycles. The molecule has 2 aromatic heterocycles. The first-order chi connectivity index (χ1) is 9.13. The Labute approximate surface area is 111 Å². The van der Waals surface area contributed by atoms with Crippen LogP contribution < -0.4 is 5.32 Å². The normalized spacial score (nSPS) is 20.0. The Hall–Kier alpha value is -2.11. The number of aryl methyl sites for hydroxylation is 1. The summed E-state index contributed by atoms with van der Waals surface area (Å²) in [6.45, 7) is 2.68. The summed E-state index contributed by atoms with van der Waals surface area (Å²) in [6, 6.07) is 2.25. The molecule has 0 radical (unpaired) electrons. The number of amides is 1. The largest absolute Gasteiger partial charge is 0.364 e. The minimum atomic E-state index is 0.212. The topological polar surface area (TPSA) is 62.5 Å². The van der Waals surface area contributed by atoms with Crippen molar-refractivity contribution in [3.05, 3.63) is 24.2 Å². The van der Waals surface area contributed by atoms with E-state index in [9.17, 15) is 4.79 Å². The molecule has 1 aliphatic rings. The van der Waals surface area contributed by atoms with Crippen LogP contribution in [0, 0.1) is 6.92 Å². The predicted molar refractivity (Wildman–Crippen MR) is 72.0 cm³/mol. The molecule has 0 aromatic carbocycles. The van der Waals surface area contributed by atoms with Gasteiger partial charge in [0.15, 0.2) is 5.82 Å². The number of nitrogens with one attached hydrogen (secondary N) is 1. The molecule has 3 heterocycles. The number of carbonyl (C=O) groups is 1. The molecule has 2 aromatic rings. The number of rotatable bonds is 2. The van der Waals surface area contributed by atoms with Crippen LogP contribution in [0.5, 0.6) is 0 Å². The first-order valence-electron chi connectivity index (χ1n) is 6.45. The van der Waals surface area contributed by atoms with Gasteiger partial charge < -0.3 is 10.2 Å². The second kappa shape index (κ2) is 4.53. The van der Waals surface area contributed by atoms with Crippen molar-refractivity contribution in [2.45, 2.75) is 25.8 Å². The number of hydrogen-bond donors (Lipinski definition) is 1. The van der Waals surface area contributed by atoms with E-state index < -0.39 is 0 Å². The molecule has 1 aliphatic heterocycles. The van der Waals surface area contributed by atoms with Crippen LogP contribution in [0.4, 0.5) is 5.82 Å². The van der Waals surface area contributed by atoms with Crippen molar-refractivity contribution in [1.29, 1.82) is 0 Å². The van der Waals surface area contributed by atoms with E-state index in [-0.39, 0.29) is 11.9 Å². The SMILES string of the molecule is Cc1cc2c(NC3CCC(=O)N(C)C3)nccn2n1. The van der Waals surface area contributed by atoms with Crippen molar-refractivity contribution in [2.24, 2.45) is 0 Å². The number of likely N-dealkylation sites (N-methyl/N-ethyl adjacent to an activating group) is 1. The van der Waals surface area contributed by atoms with E-state index in [1.807, 2.05) is 30.8 Å². The van der Waals surface area contributed by atoms with Gasteiger partial charge in [-0.15, -0.1) is 0 Å². The van der Waals surface area contributed by atoms with E-state index in [0.29, 0.717) is 13.0 Å². The molecule has 0 bridgehead atoms. The number of anilines is 1. The molecule has 1 N–H and O–H groups in total. The Morgan fingerprint density at radius 3 is 3.11 bits per heavy atom. The van der Waals surface area contributed by atoms with Crippen LogP contribution in [0.25, 0.3) is 5.52 Å². The minimum Gasteiger partial charge on any atom is -0.364 e. The van der Waals surface area contributed by atoms with Gasteiger partial charge in [-0.2, -0.15) is 5.10 Å². The van der Waals surface area contributed by atoms with Gasteiger partial charge >= 0.3 is 0 Å². The molecular formula is C13H17N5O. The summed E-state index contributed by atoms with van der Waals surface area (Å²) in [7, 11) is 1.84. The average Bonchev–Trinajstić information content (AvgIpc) is 2.75. The first kappa shape index (κ1) is 12.0. The molecule has 0 spiro atoms. The standard InChI is InChI=1S/C13H17N5O/c1-9-7-11-13(14-5-6-18(11)16-9)15-10-3-4-12(19)17(2)8-10/h5-7,10H,3-4,8H2,1-2H3,(H,14,15). The Morgan fingerprint density at radius 1 is 1.47 bits per heavy atom. The molecular weight excluding hydrogens is 242 g/mol. The number of carbonyl (C=O) groups excluding carboxylic acids is 1. The average molecular weight is 259 g/mol. The van der Waals surface area contributed by atoms with Gasteiger partial charge in [-0.05, 0) is 19.4 Å². The van der Waals surface area contributed by atoms with Crippen LogP contribution in [-0.4, -0.2) is 45.0 Å². The highest BCUT2D eigenvalue weighted by Crippen LogP contribution is 2.19. The summed E-state index contributed by atoms with van der Waals surface area (Å²) >= 11 is 0. The Balaban J connectivity index is 1.83. The Morgan fingerprint density at radius 2 is 2.32 bits per heavy atom. The van der Waals surface area contributed by atoms with Crippen LogP contribution in [-0.2, 0) is 4.79 Å². The van der Waals surface area contributed by atoms with Gasteiger partial charge in [0.25, 0.3) is 0 Å². The van der Waals surface area contributed by atoms with E-state index in [1.54, 1.807) is 11.1 Å². The highest BCUT2D eigenvalue weighted by molar-refractivity contribution is 5.77. The lowest BCUT2D eigenvalue weighted by Gasteiger charge is -2.30. The van der Waals surface area contributed by atoms with Crippen LogP contribution >= 0.6 is 0 Å². The predicted octanol–water partition coefficient (Wildman–Crippen LogP) is 1.07. The van der Waals surface area contributed by atoms with Crippen molar-refractivity contribution in [1.82, 2.24) is 19.5 Å². The second-order valence-corrected chi connectivity index (χ2v) is 5.05. The lowest BCUT2D eigenvalue weighted by molar-refractivity contribution is -0.132. The molecule has 1 amide bonds. The molecule has 1 fully saturated rings. The highest BCUT2D eigenvalue weighted by atomic mass is 16.2. The smallest absolute Gasteiger partial charge is 0.222 e. The fourth-order valence-electron chi connectivity index (χ4n) is 2.48. The summed E-state index contributed by atoms with van der Waals surface area (Å²) in [5, 5.41) is 7.79. The van der Waals surface area contributed by atoms with Crippen molar-refractivity contribution in [2.75, 3.05) is 18.9 Å². The quantitative estimate of drug-likeness (QED) is 0.876. The Kier molecular flexibility index (Phi) is 2.85. The van der Waals surface area contributed by atoms with E-state index in [4.69, 9.17) is 0 Å². The van der Waals surface area contributed by atoms with Crippen LogP contribution in [0.1, 0.15) is 18.5 Å². The van der Waals surface area contributed by atoms with E-state index >= 15 is 0 Å². The monoisotopic (exact) mass is 259 g/mol. The number of nitrogens with zero attached hydrogens (tertiary/aromatic N) is 4. The number of fused-ring (bicyclic) bond motifs is 1. The first-order valence-corrected chi connectivity index (χ1v) is 6.45. The maximum absolute atomic E-state index is 11.5. The van der Waals surface area contributed by atoms with Gasteiger partial charge in [0, 0.05) is 38.4 Å². The third kappa shape index (κ3) is 2.25. The summed E-state index contributed by atoms with van der Waals surface area (Å²) in [5.41, 5.74) is 1.94. The third-order valence-electron chi connectivity index (χ3n) is 3.48. The molecule has 1 saturated heterocycles. The number of hydrogen-bond acceptors (Lipinski definition) is 4. The van der Waals surface area contributed by atoms with Crippen molar-refractivity contribution in [3.8, 4) is 0 Å². The lowest BCUT2D eigenvalue weighted by atomic mass is 10.1. The maximum atomic E-state index is 11.5. The molecule has 19 heavy (non-hydrogen) atoms. The molecule has 6 heteroatoms. The van der Waals surface area contributed by atoms with Gasteiger partial charge in [0.2, 0.25) is 5.91 Å². The van der Waals surface area contributed by atoms with Crippen molar-refractivity contribution >= 4 is 17.2 Å². The fourth-order valence-corrected chi connectivity index (χ4v) is 2.48. The maximum Gasteiger partial charge on any atom is 0.222 e. The van der Waals surface area contributed by atoms with Gasteiger partial charge in [-0.3, -0.25) is 4.79 Å². The van der Waals surface area contributed by atoms with Crippen LogP contribution in [0.15, 0.2) is 18.5 Å². The van der Waals surface area contributed by atoms with Gasteiger partial charge in [-0.1, -0.05) is 0 Å². The molecule has 0 saturated carbocycles. The zero-order valence-corrected chi connectivity index (χ0v) is 11.1. The summed E-state index contributed by atoms with van der Waals surface area (Å²) < 4.78 is 1.82. The molecule has 100 valence electrons. The molecule has 6 nitrogen and oxygen atoms in total. The van der Waals surface area contributed by atoms with E-state index in [1.165, 1.54) is 0 Å². The number of piperidine rings is 1. The van der Waals surface area contributed by atoms with Gasteiger partial charge in [0.1, 0.15) is 5.52 Å².